The number of nitrogens with zero attached hydrogens (tertiary/aromatic N) is 1. The van der Waals surface area contributed by atoms with Crippen LogP contribution in [0.15, 0.2) is 54.6 Å². The third-order valence-electron chi connectivity index (χ3n) is 6.49. The molecule has 2 aromatic carbocycles. The standard InChI is InChI=1S/C27H33NO3S/c1-8-18(2)25(29)31-27(5,6)26(3,4)30-21-15-13-19(14-16-21)22-17-20-11-9-10-12-23(20)28(7)24(22)32/h9-18H,8H2,1-7H3. The average molecular weight is 452 g/mol. The molecule has 0 spiro atoms. The van der Waals surface area contributed by atoms with E-state index in [0.29, 0.717) is 5.75 Å². The van der Waals surface area contributed by atoms with E-state index in [0.717, 1.165) is 33.1 Å². The number of para-hydroxylation sites is 1. The number of aromatic nitrogens is 1. The van der Waals surface area contributed by atoms with Crippen LogP contribution in [0.3, 0.4) is 0 Å². The molecule has 0 bridgehead atoms. The number of carbonyl (C=O) groups excluding carboxylic acids is 1. The van der Waals surface area contributed by atoms with Gasteiger partial charge in [0.1, 0.15) is 21.6 Å². The largest absolute Gasteiger partial charge is 0.484 e. The molecule has 3 aromatic rings. The fourth-order valence-corrected chi connectivity index (χ4v) is 3.67. The molecule has 170 valence electrons. The van der Waals surface area contributed by atoms with E-state index in [-0.39, 0.29) is 11.9 Å². The van der Waals surface area contributed by atoms with Crippen LogP contribution in [0.25, 0.3) is 22.0 Å². The van der Waals surface area contributed by atoms with Gasteiger partial charge in [-0.05, 0) is 69.3 Å². The molecule has 1 atom stereocenters. The molecule has 0 N–H and O–H groups in total. The Bertz CT molecular complexity index is 1180. The number of fused-ring (bicyclic) bond motifs is 1. The van der Waals surface area contributed by atoms with E-state index in [1.807, 2.05) is 89.6 Å². The van der Waals surface area contributed by atoms with Gasteiger partial charge >= 0.3 is 5.97 Å². The highest BCUT2D eigenvalue weighted by atomic mass is 32.1. The predicted molar refractivity (Wildman–Crippen MR) is 134 cm³/mol. The molecule has 1 unspecified atom stereocenters. The van der Waals surface area contributed by atoms with Crippen molar-refractivity contribution in [2.75, 3.05) is 0 Å². The molecule has 3 rings (SSSR count). The Balaban J connectivity index is 1.85. The first-order valence-corrected chi connectivity index (χ1v) is 11.5. The van der Waals surface area contributed by atoms with Crippen LogP contribution in [0, 0.1) is 10.6 Å². The van der Waals surface area contributed by atoms with Crippen molar-refractivity contribution in [2.45, 2.75) is 59.2 Å². The van der Waals surface area contributed by atoms with Gasteiger partial charge in [-0.15, -0.1) is 0 Å². The van der Waals surface area contributed by atoms with Crippen LogP contribution in [0.2, 0.25) is 0 Å². The minimum absolute atomic E-state index is 0.139. The van der Waals surface area contributed by atoms with Crippen molar-refractivity contribution in [1.29, 1.82) is 0 Å². The minimum atomic E-state index is -0.800. The maximum absolute atomic E-state index is 12.4. The Morgan fingerprint density at radius 2 is 1.66 bits per heavy atom. The fraction of sp³-hybridized carbons (Fsp3) is 0.407. The average Bonchev–Trinajstić information content (AvgIpc) is 2.75. The Morgan fingerprint density at radius 1 is 1.03 bits per heavy atom. The molecular formula is C27H33NO3S. The second kappa shape index (κ2) is 9.07. The molecule has 0 radical (unpaired) electrons. The van der Waals surface area contributed by atoms with Crippen molar-refractivity contribution < 1.29 is 14.3 Å². The summed E-state index contributed by atoms with van der Waals surface area (Å²) in [4.78, 5) is 12.4. The second-order valence-electron chi connectivity index (χ2n) is 9.36. The van der Waals surface area contributed by atoms with Gasteiger partial charge in [-0.3, -0.25) is 4.79 Å². The highest BCUT2D eigenvalue weighted by Gasteiger charge is 2.43. The molecule has 4 nitrogen and oxygen atoms in total. The number of carbonyl (C=O) groups is 1. The number of benzene rings is 2. The van der Waals surface area contributed by atoms with Crippen LogP contribution < -0.4 is 4.74 Å². The summed E-state index contributed by atoms with van der Waals surface area (Å²) in [5.41, 5.74) is 1.62. The first-order chi connectivity index (χ1) is 15.0. The summed E-state index contributed by atoms with van der Waals surface area (Å²) in [7, 11) is 2.00. The molecule has 0 amide bonds. The summed E-state index contributed by atoms with van der Waals surface area (Å²) in [6, 6.07) is 18.3. The number of esters is 1. The molecular weight excluding hydrogens is 418 g/mol. The molecule has 0 saturated heterocycles. The number of hydrogen-bond donors (Lipinski definition) is 0. The van der Waals surface area contributed by atoms with Crippen molar-refractivity contribution in [2.24, 2.45) is 13.0 Å². The number of pyridine rings is 1. The van der Waals surface area contributed by atoms with Gasteiger partial charge in [-0.1, -0.05) is 56.4 Å². The zero-order valence-corrected chi connectivity index (χ0v) is 20.9. The summed E-state index contributed by atoms with van der Waals surface area (Å²) in [6.07, 6.45) is 0.745. The highest BCUT2D eigenvalue weighted by Crippen LogP contribution is 2.33. The molecule has 0 fully saturated rings. The van der Waals surface area contributed by atoms with Crippen LogP contribution in [-0.2, 0) is 16.6 Å². The zero-order chi connectivity index (χ0) is 23.7. The summed E-state index contributed by atoms with van der Waals surface area (Å²) < 4.78 is 14.9. The van der Waals surface area contributed by atoms with Crippen molar-refractivity contribution in [3.05, 3.63) is 59.2 Å². The Labute approximate surface area is 196 Å². The first kappa shape index (κ1) is 24.0. The zero-order valence-electron chi connectivity index (χ0n) is 20.1. The fourth-order valence-electron chi connectivity index (χ4n) is 3.39. The van der Waals surface area contributed by atoms with Gasteiger partial charge in [0.05, 0.1) is 5.92 Å². The SMILES string of the molecule is CCC(C)C(=O)OC(C)(C)C(C)(C)Oc1ccc(-c2cc3ccccc3n(C)c2=S)cc1. The van der Waals surface area contributed by atoms with E-state index in [4.69, 9.17) is 21.7 Å². The van der Waals surface area contributed by atoms with Crippen LogP contribution in [-0.4, -0.2) is 21.7 Å². The van der Waals surface area contributed by atoms with Gasteiger partial charge in [0, 0.05) is 18.1 Å². The third-order valence-corrected chi connectivity index (χ3v) is 6.99. The van der Waals surface area contributed by atoms with Crippen molar-refractivity contribution in [3.8, 4) is 16.9 Å². The van der Waals surface area contributed by atoms with Crippen molar-refractivity contribution >= 4 is 29.1 Å². The molecule has 32 heavy (non-hydrogen) atoms. The van der Waals surface area contributed by atoms with Crippen molar-refractivity contribution in [1.82, 2.24) is 4.57 Å². The molecule has 0 aliphatic heterocycles. The lowest BCUT2D eigenvalue weighted by atomic mass is 9.88. The van der Waals surface area contributed by atoms with Gasteiger partial charge < -0.3 is 14.0 Å². The topological polar surface area (TPSA) is 40.5 Å². The van der Waals surface area contributed by atoms with E-state index < -0.39 is 11.2 Å². The van der Waals surface area contributed by atoms with E-state index in [9.17, 15) is 4.79 Å². The van der Waals surface area contributed by atoms with Gasteiger partial charge in [0.2, 0.25) is 0 Å². The summed E-state index contributed by atoms with van der Waals surface area (Å²) >= 11 is 5.73. The lowest BCUT2D eigenvalue weighted by Gasteiger charge is -2.41. The minimum Gasteiger partial charge on any atom is -0.484 e. The van der Waals surface area contributed by atoms with Crippen molar-refractivity contribution in [3.63, 3.8) is 0 Å². The van der Waals surface area contributed by atoms with Crippen LogP contribution in [0.1, 0.15) is 48.0 Å². The maximum Gasteiger partial charge on any atom is 0.309 e. The van der Waals surface area contributed by atoms with Gasteiger partial charge in [0.25, 0.3) is 0 Å². The molecule has 1 heterocycles. The normalized spacial score (nSPS) is 13.1. The quantitative estimate of drug-likeness (QED) is 0.284. The van der Waals surface area contributed by atoms with E-state index in [1.165, 1.54) is 0 Å². The highest BCUT2D eigenvalue weighted by molar-refractivity contribution is 7.71. The maximum atomic E-state index is 12.4. The van der Waals surface area contributed by atoms with Crippen LogP contribution in [0.4, 0.5) is 0 Å². The molecule has 1 aromatic heterocycles. The van der Waals surface area contributed by atoms with Gasteiger partial charge in [-0.25, -0.2) is 0 Å². The number of rotatable bonds is 7. The summed E-state index contributed by atoms with van der Waals surface area (Å²) in [5.74, 6) is 0.370. The van der Waals surface area contributed by atoms with E-state index in [1.54, 1.807) is 0 Å². The summed E-state index contributed by atoms with van der Waals surface area (Å²) in [5, 5.41) is 1.14. The number of ether oxygens (including phenoxy) is 2. The smallest absolute Gasteiger partial charge is 0.309 e. The third kappa shape index (κ3) is 4.73. The predicted octanol–water partition coefficient (Wildman–Crippen LogP) is 7.10. The Morgan fingerprint density at radius 3 is 2.28 bits per heavy atom. The second-order valence-corrected chi connectivity index (χ2v) is 9.75. The van der Waals surface area contributed by atoms with Gasteiger partial charge in [0.15, 0.2) is 0 Å². The molecule has 5 heteroatoms. The molecule has 0 aliphatic carbocycles. The lowest BCUT2D eigenvalue weighted by molar-refractivity contribution is -0.180. The summed E-state index contributed by atoms with van der Waals surface area (Å²) in [6.45, 7) is 11.5. The molecule has 0 aliphatic rings. The number of aryl methyl sites for hydroxylation is 1. The first-order valence-electron chi connectivity index (χ1n) is 11.1. The van der Waals surface area contributed by atoms with E-state index >= 15 is 0 Å². The lowest BCUT2D eigenvalue weighted by Crippen LogP contribution is -2.53. The van der Waals surface area contributed by atoms with Crippen LogP contribution in [0.5, 0.6) is 5.75 Å². The van der Waals surface area contributed by atoms with Crippen LogP contribution >= 0.6 is 12.2 Å². The molecule has 0 saturated carbocycles. The Hall–Kier alpha value is -2.66. The van der Waals surface area contributed by atoms with Gasteiger partial charge in [-0.2, -0.15) is 0 Å². The van der Waals surface area contributed by atoms with E-state index in [2.05, 4.69) is 18.2 Å². The monoisotopic (exact) mass is 451 g/mol. The Kier molecular flexibility index (Phi) is 6.80. The number of hydrogen-bond acceptors (Lipinski definition) is 4.